The third-order valence-corrected chi connectivity index (χ3v) is 5.34. The Balaban J connectivity index is 1.76. The van der Waals surface area contributed by atoms with Gasteiger partial charge in [-0.2, -0.15) is 0 Å². The Morgan fingerprint density at radius 2 is 1.94 bits per heavy atom. The number of benzene rings is 2. The van der Waals surface area contributed by atoms with Crippen molar-refractivity contribution < 1.29 is 22.6 Å². The van der Waals surface area contributed by atoms with Crippen molar-refractivity contribution in [1.82, 2.24) is 10.3 Å². The lowest BCUT2D eigenvalue weighted by Crippen LogP contribution is -2.25. The first-order valence-electron chi connectivity index (χ1n) is 10.1. The molecule has 1 aromatic heterocycles. The molecule has 8 heteroatoms. The summed E-state index contributed by atoms with van der Waals surface area (Å²) in [7, 11) is 3.23. The third-order valence-electron chi connectivity index (χ3n) is 5.34. The van der Waals surface area contributed by atoms with Crippen LogP contribution in [0.1, 0.15) is 6.42 Å². The van der Waals surface area contributed by atoms with Gasteiger partial charge in [0.2, 0.25) is 0 Å². The van der Waals surface area contributed by atoms with Gasteiger partial charge < -0.3 is 19.7 Å². The van der Waals surface area contributed by atoms with Crippen LogP contribution in [0.2, 0.25) is 0 Å². The van der Waals surface area contributed by atoms with E-state index in [0.717, 1.165) is 17.9 Å². The van der Waals surface area contributed by atoms with Gasteiger partial charge in [0.1, 0.15) is 12.4 Å². The number of anilines is 1. The highest BCUT2D eigenvalue weighted by Crippen LogP contribution is 2.38. The number of nitrogens with one attached hydrogen (secondary N) is 1. The van der Waals surface area contributed by atoms with Crippen LogP contribution in [0.25, 0.3) is 22.2 Å². The highest BCUT2D eigenvalue weighted by atomic mass is 19.3. The normalized spacial score (nSPS) is 15.5. The Morgan fingerprint density at radius 1 is 1.16 bits per heavy atom. The molecular weight excluding hydrogens is 407 g/mol. The highest BCUT2D eigenvalue weighted by molar-refractivity contribution is 5.95. The van der Waals surface area contributed by atoms with E-state index in [0.29, 0.717) is 28.9 Å². The maximum atomic E-state index is 14.4. The predicted molar refractivity (Wildman–Crippen MR) is 115 cm³/mol. The summed E-state index contributed by atoms with van der Waals surface area (Å²) in [4.78, 5) is 6.25. The van der Waals surface area contributed by atoms with Gasteiger partial charge in [-0.3, -0.25) is 0 Å². The first-order valence-corrected chi connectivity index (χ1v) is 10.1. The molecule has 4 rings (SSSR count). The Morgan fingerprint density at radius 3 is 2.58 bits per heavy atom. The second-order valence-corrected chi connectivity index (χ2v) is 7.53. The van der Waals surface area contributed by atoms with Gasteiger partial charge in [0.05, 0.1) is 24.9 Å². The van der Waals surface area contributed by atoms with Crippen molar-refractivity contribution >= 4 is 16.6 Å². The Kier molecular flexibility index (Phi) is 5.91. The van der Waals surface area contributed by atoms with Crippen molar-refractivity contribution in [2.45, 2.75) is 12.3 Å². The number of pyridine rings is 1. The summed E-state index contributed by atoms with van der Waals surface area (Å²) >= 11 is 0. The minimum Gasteiger partial charge on any atom is -0.494 e. The summed E-state index contributed by atoms with van der Waals surface area (Å²) < 4.78 is 52.9. The van der Waals surface area contributed by atoms with E-state index in [1.807, 2.05) is 31.3 Å². The molecule has 1 N–H and O–H groups in total. The molecule has 0 aliphatic carbocycles. The first kappa shape index (κ1) is 21.2. The molecule has 164 valence electrons. The fraction of sp³-hybridized carbons (Fsp3) is 0.348. The van der Waals surface area contributed by atoms with Crippen molar-refractivity contribution in [2.75, 3.05) is 45.3 Å². The third kappa shape index (κ3) is 4.54. The standard InChI is InChI=1S/C23H24F3N3O2/c1-27-8-10-31-16-5-3-15(4-6-16)19-12-21(29-9-7-23(25,26)14-29)17-11-18(24)22(30-2)13-20(17)28-19/h3-6,11-13,27H,7-10,14H2,1-2H3. The summed E-state index contributed by atoms with van der Waals surface area (Å²) in [5.41, 5.74) is 2.43. The number of rotatable bonds is 7. The number of halogens is 3. The van der Waals surface area contributed by atoms with Crippen LogP contribution in [0.15, 0.2) is 42.5 Å². The molecule has 0 spiro atoms. The second-order valence-electron chi connectivity index (χ2n) is 7.53. The lowest BCUT2D eigenvalue weighted by Gasteiger charge is -2.21. The SMILES string of the molecule is CNCCOc1ccc(-c2cc(N3CCC(F)(F)C3)c3cc(F)c(OC)cc3n2)cc1. The lowest BCUT2D eigenvalue weighted by molar-refractivity contribution is 0.0257. The molecule has 0 amide bonds. The Bertz CT molecular complexity index is 1070. The molecule has 1 aliphatic heterocycles. The van der Waals surface area contributed by atoms with E-state index in [4.69, 9.17) is 9.47 Å². The number of fused-ring (bicyclic) bond motifs is 1. The van der Waals surface area contributed by atoms with Crippen LogP contribution in [0, 0.1) is 5.82 Å². The Hall–Kier alpha value is -3.00. The van der Waals surface area contributed by atoms with Crippen molar-refractivity contribution in [2.24, 2.45) is 0 Å². The quantitative estimate of drug-likeness (QED) is 0.559. The molecule has 0 atom stereocenters. The molecule has 5 nitrogen and oxygen atoms in total. The molecule has 1 fully saturated rings. The lowest BCUT2D eigenvalue weighted by atomic mass is 10.1. The van der Waals surface area contributed by atoms with Gasteiger partial charge in [0.15, 0.2) is 11.6 Å². The molecule has 31 heavy (non-hydrogen) atoms. The summed E-state index contributed by atoms with van der Waals surface area (Å²) in [6.07, 6.45) is -0.233. The van der Waals surface area contributed by atoms with Crippen LogP contribution in [0.4, 0.5) is 18.9 Å². The average Bonchev–Trinajstić information content (AvgIpc) is 3.13. The maximum absolute atomic E-state index is 14.4. The molecule has 2 heterocycles. The average molecular weight is 431 g/mol. The predicted octanol–water partition coefficient (Wildman–Crippen LogP) is 4.49. The van der Waals surface area contributed by atoms with Gasteiger partial charge in [-0.1, -0.05) is 0 Å². The van der Waals surface area contributed by atoms with Crippen molar-refractivity contribution in [3.8, 4) is 22.8 Å². The van der Waals surface area contributed by atoms with E-state index in [2.05, 4.69) is 10.3 Å². The van der Waals surface area contributed by atoms with Gasteiger partial charge >= 0.3 is 0 Å². The monoisotopic (exact) mass is 431 g/mol. The van der Waals surface area contributed by atoms with Gasteiger partial charge in [-0.15, -0.1) is 0 Å². The van der Waals surface area contributed by atoms with E-state index in [1.54, 1.807) is 11.0 Å². The maximum Gasteiger partial charge on any atom is 0.266 e. The van der Waals surface area contributed by atoms with Crippen LogP contribution in [-0.4, -0.2) is 51.3 Å². The number of alkyl halides is 2. The topological polar surface area (TPSA) is 46.6 Å². The number of hydrogen-bond acceptors (Lipinski definition) is 5. The van der Waals surface area contributed by atoms with Gasteiger partial charge in [-0.25, -0.2) is 18.2 Å². The van der Waals surface area contributed by atoms with E-state index in [1.165, 1.54) is 19.2 Å². The molecule has 1 saturated heterocycles. The zero-order valence-electron chi connectivity index (χ0n) is 17.4. The van der Waals surface area contributed by atoms with Crippen LogP contribution < -0.4 is 19.7 Å². The number of nitrogens with zero attached hydrogens (tertiary/aromatic N) is 2. The van der Waals surface area contributed by atoms with Gasteiger partial charge in [0.25, 0.3) is 5.92 Å². The molecule has 0 radical (unpaired) electrons. The summed E-state index contributed by atoms with van der Waals surface area (Å²) in [6, 6.07) is 12.0. The molecule has 2 aromatic carbocycles. The summed E-state index contributed by atoms with van der Waals surface area (Å²) in [6.45, 7) is 1.06. The molecule has 0 unspecified atom stereocenters. The molecule has 1 aliphatic rings. The second kappa shape index (κ2) is 8.63. The van der Waals surface area contributed by atoms with Crippen LogP contribution in [0.3, 0.4) is 0 Å². The van der Waals surface area contributed by atoms with Crippen LogP contribution in [0.5, 0.6) is 11.5 Å². The fourth-order valence-electron chi connectivity index (χ4n) is 3.71. The number of ether oxygens (including phenoxy) is 2. The van der Waals surface area contributed by atoms with E-state index in [9.17, 15) is 13.2 Å². The zero-order chi connectivity index (χ0) is 22.0. The number of methoxy groups -OCH3 is 1. The first-order chi connectivity index (χ1) is 14.9. The summed E-state index contributed by atoms with van der Waals surface area (Å²) in [5.74, 6) is -2.54. The van der Waals surface area contributed by atoms with Gasteiger partial charge in [0, 0.05) is 42.2 Å². The zero-order valence-corrected chi connectivity index (χ0v) is 17.4. The van der Waals surface area contributed by atoms with Gasteiger partial charge in [-0.05, 0) is 43.4 Å². The van der Waals surface area contributed by atoms with Crippen molar-refractivity contribution in [3.05, 3.63) is 48.3 Å². The van der Waals surface area contributed by atoms with Crippen LogP contribution >= 0.6 is 0 Å². The van der Waals surface area contributed by atoms with Crippen molar-refractivity contribution in [1.29, 1.82) is 0 Å². The number of hydrogen-bond donors (Lipinski definition) is 1. The van der Waals surface area contributed by atoms with E-state index in [-0.39, 0.29) is 18.7 Å². The highest BCUT2D eigenvalue weighted by Gasteiger charge is 2.39. The smallest absolute Gasteiger partial charge is 0.266 e. The molecular formula is C23H24F3N3O2. The van der Waals surface area contributed by atoms with Crippen molar-refractivity contribution in [3.63, 3.8) is 0 Å². The van der Waals surface area contributed by atoms with Crippen LogP contribution in [-0.2, 0) is 0 Å². The minimum atomic E-state index is -2.77. The van der Waals surface area contributed by atoms with E-state index < -0.39 is 18.3 Å². The van der Waals surface area contributed by atoms with E-state index >= 15 is 0 Å². The Labute approximate surface area is 178 Å². The number of aromatic nitrogens is 1. The summed E-state index contributed by atoms with van der Waals surface area (Å²) in [5, 5.41) is 3.49. The number of likely N-dealkylation sites (N-methyl/N-ethyl adjacent to an activating group) is 1. The fourth-order valence-corrected chi connectivity index (χ4v) is 3.71. The molecule has 3 aromatic rings. The minimum absolute atomic E-state index is 0.0585. The molecule has 0 bridgehead atoms. The molecule has 0 saturated carbocycles. The largest absolute Gasteiger partial charge is 0.494 e.